The minimum atomic E-state index is -1.29. The van der Waals surface area contributed by atoms with E-state index in [1.54, 1.807) is 0 Å². The Balaban J connectivity index is 1.88. The number of oxime groups is 1. The van der Waals surface area contributed by atoms with Crippen molar-refractivity contribution in [2.24, 2.45) is 5.16 Å². The second-order valence-electron chi connectivity index (χ2n) is 8.11. The van der Waals surface area contributed by atoms with E-state index in [1.807, 2.05) is 4.57 Å². The van der Waals surface area contributed by atoms with Gasteiger partial charge in [-0.25, -0.2) is 9.18 Å². The van der Waals surface area contributed by atoms with Crippen molar-refractivity contribution in [1.82, 2.24) is 4.57 Å². The first-order valence-corrected chi connectivity index (χ1v) is 9.98. The van der Waals surface area contributed by atoms with E-state index >= 15 is 4.39 Å². The lowest BCUT2D eigenvalue weighted by Crippen LogP contribution is -2.30. The van der Waals surface area contributed by atoms with Gasteiger partial charge in [-0.3, -0.25) is 4.79 Å². The number of hydrogen-bond donors (Lipinski definition) is 1. The Bertz CT molecular complexity index is 1120. The molecule has 8 heteroatoms. The zero-order chi connectivity index (χ0) is 20.3. The Morgan fingerprint density at radius 3 is 2.79 bits per heavy atom. The van der Waals surface area contributed by atoms with Gasteiger partial charge in [0.1, 0.15) is 18.5 Å². The Hall–Kier alpha value is -2.90. The molecule has 3 heterocycles. The van der Waals surface area contributed by atoms with Gasteiger partial charge < -0.3 is 19.4 Å². The van der Waals surface area contributed by atoms with Crippen molar-refractivity contribution in [3.8, 4) is 0 Å². The first kappa shape index (κ1) is 18.1. The fourth-order valence-corrected chi connectivity index (χ4v) is 4.92. The minimum Gasteiger partial charge on any atom is -0.477 e. The van der Waals surface area contributed by atoms with Crippen molar-refractivity contribution in [1.29, 1.82) is 0 Å². The van der Waals surface area contributed by atoms with E-state index in [0.717, 1.165) is 37.9 Å². The van der Waals surface area contributed by atoms with Crippen LogP contribution in [-0.4, -0.2) is 41.1 Å². The SMILES string of the molecule is CON=C1Cc2c(c(F)cc3c(=O)c(C(=O)O)cn(C4CC4)c23)N2CCCC2C1. The van der Waals surface area contributed by atoms with Crippen LogP contribution in [0.15, 0.2) is 22.2 Å². The van der Waals surface area contributed by atoms with Crippen LogP contribution in [0.4, 0.5) is 10.1 Å². The molecule has 1 atom stereocenters. The fraction of sp³-hybridized carbons (Fsp3) is 0.476. The quantitative estimate of drug-likeness (QED) is 0.802. The predicted molar refractivity (Wildman–Crippen MR) is 107 cm³/mol. The van der Waals surface area contributed by atoms with E-state index in [2.05, 4.69) is 10.1 Å². The molecule has 2 aliphatic heterocycles. The number of aromatic nitrogens is 1. The Kier molecular flexibility index (Phi) is 4.11. The first-order chi connectivity index (χ1) is 14.0. The number of fused-ring (bicyclic) bond motifs is 5. The smallest absolute Gasteiger partial charge is 0.341 e. The molecule has 7 nitrogen and oxygen atoms in total. The molecule has 1 aliphatic carbocycles. The van der Waals surface area contributed by atoms with Crippen molar-refractivity contribution in [2.75, 3.05) is 18.6 Å². The lowest BCUT2D eigenvalue weighted by Gasteiger charge is -2.27. The van der Waals surface area contributed by atoms with Crippen molar-refractivity contribution in [3.63, 3.8) is 0 Å². The largest absolute Gasteiger partial charge is 0.477 e. The molecule has 2 aromatic rings. The van der Waals surface area contributed by atoms with Crippen LogP contribution in [0.5, 0.6) is 0 Å². The number of aromatic carboxylic acids is 1. The predicted octanol–water partition coefficient (Wildman–Crippen LogP) is 3.09. The van der Waals surface area contributed by atoms with E-state index in [4.69, 9.17) is 4.84 Å². The van der Waals surface area contributed by atoms with E-state index in [-0.39, 0.29) is 23.0 Å². The summed E-state index contributed by atoms with van der Waals surface area (Å²) in [7, 11) is 1.49. The van der Waals surface area contributed by atoms with Gasteiger partial charge in [0.2, 0.25) is 5.43 Å². The molecular formula is C21H22FN3O4. The Morgan fingerprint density at radius 2 is 2.10 bits per heavy atom. The highest BCUT2D eigenvalue weighted by molar-refractivity contribution is 5.99. The van der Waals surface area contributed by atoms with Crippen molar-refractivity contribution >= 4 is 28.3 Å². The molecule has 0 amide bonds. The molecule has 1 N–H and O–H groups in total. The summed E-state index contributed by atoms with van der Waals surface area (Å²) in [5.41, 5.74) is 1.72. The van der Waals surface area contributed by atoms with Gasteiger partial charge in [0.25, 0.3) is 0 Å². The zero-order valence-electron chi connectivity index (χ0n) is 16.2. The molecule has 1 saturated carbocycles. The van der Waals surface area contributed by atoms with Gasteiger partial charge in [-0.15, -0.1) is 0 Å². The molecule has 29 heavy (non-hydrogen) atoms. The maximum atomic E-state index is 15.4. The molecule has 0 spiro atoms. The molecule has 3 aliphatic rings. The highest BCUT2D eigenvalue weighted by Crippen LogP contribution is 2.43. The molecule has 5 rings (SSSR count). The maximum absolute atomic E-state index is 15.4. The summed E-state index contributed by atoms with van der Waals surface area (Å²) >= 11 is 0. The number of rotatable bonds is 3. The van der Waals surface area contributed by atoms with Gasteiger partial charge in [0, 0.05) is 48.6 Å². The van der Waals surface area contributed by atoms with Crippen molar-refractivity contribution in [2.45, 2.75) is 50.6 Å². The summed E-state index contributed by atoms with van der Waals surface area (Å²) < 4.78 is 17.3. The van der Waals surface area contributed by atoms with E-state index in [9.17, 15) is 14.7 Å². The van der Waals surface area contributed by atoms with Gasteiger partial charge in [-0.05, 0) is 31.7 Å². The number of carbonyl (C=O) groups is 1. The summed E-state index contributed by atoms with van der Waals surface area (Å²) in [6, 6.07) is 1.51. The first-order valence-electron chi connectivity index (χ1n) is 9.98. The molecule has 0 bridgehead atoms. The Labute approximate surface area is 166 Å². The molecular weight excluding hydrogens is 377 g/mol. The van der Waals surface area contributed by atoms with Crippen LogP contribution >= 0.6 is 0 Å². The number of halogens is 1. The third-order valence-electron chi connectivity index (χ3n) is 6.25. The van der Waals surface area contributed by atoms with Crippen LogP contribution in [0.2, 0.25) is 0 Å². The molecule has 0 radical (unpaired) electrons. The summed E-state index contributed by atoms with van der Waals surface area (Å²) in [4.78, 5) is 31.6. The highest BCUT2D eigenvalue weighted by atomic mass is 19.1. The number of benzene rings is 1. The zero-order valence-corrected chi connectivity index (χ0v) is 16.2. The number of hydrogen-bond acceptors (Lipinski definition) is 5. The average molecular weight is 399 g/mol. The van der Waals surface area contributed by atoms with Gasteiger partial charge in [-0.2, -0.15) is 0 Å². The minimum absolute atomic E-state index is 0.127. The summed E-state index contributed by atoms with van der Waals surface area (Å²) in [6.07, 6.45) is 6.24. The molecule has 1 aromatic heterocycles. The summed E-state index contributed by atoms with van der Waals surface area (Å²) in [5, 5.41) is 13.8. The fourth-order valence-electron chi connectivity index (χ4n) is 4.92. The average Bonchev–Trinajstić information content (AvgIpc) is 3.45. The molecule has 1 aromatic carbocycles. The lowest BCUT2D eigenvalue weighted by molar-refractivity contribution is 0.0695. The summed E-state index contributed by atoms with van der Waals surface area (Å²) in [6.45, 7) is 0.751. The van der Waals surface area contributed by atoms with Crippen LogP contribution < -0.4 is 10.3 Å². The second kappa shape index (κ2) is 6.57. The van der Waals surface area contributed by atoms with Crippen LogP contribution in [-0.2, 0) is 11.3 Å². The number of nitrogens with zero attached hydrogens (tertiary/aromatic N) is 3. The third kappa shape index (κ3) is 2.81. The van der Waals surface area contributed by atoms with Crippen molar-refractivity contribution in [3.05, 3.63) is 39.4 Å². The Morgan fingerprint density at radius 1 is 1.31 bits per heavy atom. The van der Waals surface area contributed by atoms with Crippen LogP contribution in [0.3, 0.4) is 0 Å². The van der Waals surface area contributed by atoms with E-state index in [0.29, 0.717) is 29.6 Å². The highest BCUT2D eigenvalue weighted by Gasteiger charge is 2.36. The van der Waals surface area contributed by atoms with Gasteiger partial charge in [0.15, 0.2) is 0 Å². The number of pyridine rings is 1. The monoisotopic (exact) mass is 399 g/mol. The van der Waals surface area contributed by atoms with Gasteiger partial charge in [0.05, 0.1) is 16.9 Å². The second-order valence-corrected chi connectivity index (χ2v) is 8.11. The number of carboxylic acids is 1. The van der Waals surface area contributed by atoms with Crippen LogP contribution in [0, 0.1) is 5.82 Å². The van der Waals surface area contributed by atoms with Crippen LogP contribution in [0.25, 0.3) is 10.9 Å². The molecule has 1 saturated heterocycles. The molecule has 152 valence electrons. The molecule has 2 fully saturated rings. The van der Waals surface area contributed by atoms with Gasteiger partial charge >= 0.3 is 5.97 Å². The lowest BCUT2D eigenvalue weighted by atomic mass is 9.98. The maximum Gasteiger partial charge on any atom is 0.341 e. The topological polar surface area (TPSA) is 84.1 Å². The van der Waals surface area contributed by atoms with E-state index in [1.165, 1.54) is 19.4 Å². The van der Waals surface area contributed by atoms with Crippen LogP contribution in [0.1, 0.15) is 54.1 Å². The normalized spacial score (nSPS) is 22.5. The standard InChI is InChI=1S/C21H22FN3O4/c1-29-23-11-7-13-3-2-6-24(13)19-14(8-11)18-15(9-17(19)22)20(26)16(21(27)28)10-25(18)12-4-5-12/h9-10,12-13H,2-8H2,1H3,(H,27,28). The van der Waals surface area contributed by atoms with Crippen molar-refractivity contribution < 1.29 is 19.1 Å². The number of anilines is 1. The molecule has 1 unspecified atom stereocenters. The van der Waals surface area contributed by atoms with E-state index < -0.39 is 17.2 Å². The summed E-state index contributed by atoms with van der Waals surface area (Å²) in [5.74, 6) is -1.76. The third-order valence-corrected chi connectivity index (χ3v) is 6.25. The number of carboxylic acid groups (broad SMARTS) is 1. The van der Waals surface area contributed by atoms with Gasteiger partial charge in [-0.1, -0.05) is 5.16 Å².